The van der Waals surface area contributed by atoms with E-state index in [-0.39, 0.29) is 17.6 Å². The van der Waals surface area contributed by atoms with E-state index in [1.54, 1.807) is 36.4 Å². The van der Waals surface area contributed by atoms with E-state index in [0.29, 0.717) is 23.6 Å². The summed E-state index contributed by atoms with van der Waals surface area (Å²) >= 11 is 0. The molecule has 0 saturated carbocycles. The summed E-state index contributed by atoms with van der Waals surface area (Å²) in [5.41, 5.74) is 2.01. The zero-order valence-electron chi connectivity index (χ0n) is 15.3. The van der Waals surface area contributed by atoms with E-state index in [1.807, 2.05) is 11.0 Å². The Labute approximate surface area is 158 Å². The Hall–Kier alpha value is -2.93. The number of para-hydroxylation sites is 1. The number of carbonyl (C=O) groups excluding carboxylic acids is 2. The van der Waals surface area contributed by atoms with Crippen molar-refractivity contribution in [2.45, 2.75) is 6.92 Å². The first-order chi connectivity index (χ1) is 13.0. The molecule has 27 heavy (non-hydrogen) atoms. The van der Waals surface area contributed by atoms with Crippen LogP contribution in [-0.4, -0.2) is 44.5 Å². The molecule has 0 bridgehead atoms. The van der Waals surface area contributed by atoms with Crippen LogP contribution in [-0.2, 0) is 9.59 Å². The van der Waals surface area contributed by atoms with Gasteiger partial charge in [0.15, 0.2) is 6.54 Å². The number of rotatable bonds is 5. The van der Waals surface area contributed by atoms with Gasteiger partial charge in [0.05, 0.1) is 31.9 Å². The van der Waals surface area contributed by atoms with Gasteiger partial charge < -0.3 is 20.4 Å². The van der Waals surface area contributed by atoms with Gasteiger partial charge in [-0.15, -0.1) is 0 Å². The molecule has 1 saturated heterocycles. The standard InChI is InChI=1S/C20H23FN4O2/c1-15(26)22-16-6-8-17(9-7-16)23-20(27)14-24-10-12-25(13-11-24)19-5-3-2-4-18(19)21/h2-9H,10-14H2,1H3,(H,22,26)(H,23,27)/p+1. The molecule has 0 spiro atoms. The molecule has 2 aromatic carbocycles. The highest BCUT2D eigenvalue weighted by Crippen LogP contribution is 2.18. The Kier molecular flexibility index (Phi) is 6.03. The number of halogens is 1. The molecular formula is C20H24FN4O2+. The van der Waals surface area contributed by atoms with Gasteiger partial charge in [-0.1, -0.05) is 12.1 Å². The molecule has 3 N–H and O–H groups in total. The second-order valence-corrected chi connectivity index (χ2v) is 6.67. The number of hydrogen-bond acceptors (Lipinski definition) is 3. The molecule has 1 aliphatic heterocycles. The maximum atomic E-state index is 13.9. The lowest BCUT2D eigenvalue weighted by Gasteiger charge is -2.33. The molecule has 3 rings (SSSR count). The van der Waals surface area contributed by atoms with Crippen LogP contribution < -0.4 is 20.4 Å². The third-order valence-electron chi connectivity index (χ3n) is 4.56. The SMILES string of the molecule is CC(=O)Nc1ccc(NC(=O)C[NH+]2CCN(c3ccccc3F)CC2)cc1. The molecule has 6 nitrogen and oxygen atoms in total. The fourth-order valence-electron chi connectivity index (χ4n) is 3.22. The van der Waals surface area contributed by atoms with Gasteiger partial charge in [-0.2, -0.15) is 0 Å². The minimum absolute atomic E-state index is 0.0587. The summed E-state index contributed by atoms with van der Waals surface area (Å²) in [4.78, 5) is 26.5. The van der Waals surface area contributed by atoms with E-state index in [4.69, 9.17) is 0 Å². The third-order valence-corrected chi connectivity index (χ3v) is 4.56. The Balaban J connectivity index is 1.47. The largest absolute Gasteiger partial charge is 0.358 e. The van der Waals surface area contributed by atoms with Crippen molar-refractivity contribution in [2.24, 2.45) is 0 Å². The average Bonchev–Trinajstić information content (AvgIpc) is 2.64. The van der Waals surface area contributed by atoms with Crippen LogP contribution in [0.15, 0.2) is 48.5 Å². The van der Waals surface area contributed by atoms with E-state index < -0.39 is 0 Å². The Morgan fingerprint density at radius 3 is 2.19 bits per heavy atom. The molecule has 0 aromatic heterocycles. The van der Waals surface area contributed by atoms with Crippen LogP contribution in [0.2, 0.25) is 0 Å². The molecule has 1 fully saturated rings. The first-order valence-corrected chi connectivity index (χ1v) is 9.02. The summed E-state index contributed by atoms with van der Waals surface area (Å²) < 4.78 is 13.9. The van der Waals surface area contributed by atoms with Crippen LogP contribution >= 0.6 is 0 Å². The quantitative estimate of drug-likeness (QED) is 0.738. The van der Waals surface area contributed by atoms with Crippen molar-refractivity contribution in [3.05, 3.63) is 54.3 Å². The molecule has 0 unspecified atom stereocenters. The predicted molar refractivity (Wildman–Crippen MR) is 104 cm³/mol. The smallest absolute Gasteiger partial charge is 0.279 e. The molecule has 0 radical (unpaired) electrons. The van der Waals surface area contributed by atoms with Crippen molar-refractivity contribution < 1.29 is 18.9 Å². The number of quaternary nitrogens is 1. The van der Waals surface area contributed by atoms with Gasteiger partial charge in [0.1, 0.15) is 5.82 Å². The number of nitrogens with zero attached hydrogens (tertiary/aromatic N) is 1. The van der Waals surface area contributed by atoms with Gasteiger partial charge in [-0.3, -0.25) is 9.59 Å². The van der Waals surface area contributed by atoms with Crippen LogP contribution in [0.3, 0.4) is 0 Å². The van der Waals surface area contributed by atoms with Gasteiger partial charge in [0.2, 0.25) is 5.91 Å². The lowest BCUT2D eigenvalue weighted by Crippen LogP contribution is -3.15. The summed E-state index contributed by atoms with van der Waals surface area (Å²) in [6.07, 6.45) is 0. The second-order valence-electron chi connectivity index (χ2n) is 6.67. The summed E-state index contributed by atoms with van der Waals surface area (Å²) in [5.74, 6) is -0.400. The summed E-state index contributed by atoms with van der Waals surface area (Å²) in [6, 6.07) is 13.8. The van der Waals surface area contributed by atoms with Crippen molar-refractivity contribution >= 4 is 28.9 Å². The van der Waals surface area contributed by atoms with E-state index in [2.05, 4.69) is 10.6 Å². The van der Waals surface area contributed by atoms with Crippen molar-refractivity contribution in [2.75, 3.05) is 48.3 Å². The topological polar surface area (TPSA) is 65.9 Å². The van der Waals surface area contributed by atoms with Crippen LogP contribution in [0, 0.1) is 5.82 Å². The van der Waals surface area contributed by atoms with Crippen LogP contribution in [0.4, 0.5) is 21.5 Å². The normalized spacial score (nSPS) is 14.7. The van der Waals surface area contributed by atoms with E-state index >= 15 is 0 Å². The minimum Gasteiger partial charge on any atom is -0.358 e. The lowest BCUT2D eigenvalue weighted by atomic mass is 10.2. The third kappa shape index (κ3) is 5.27. The highest BCUT2D eigenvalue weighted by Gasteiger charge is 2.23. The van der Waals surface area contributed by atoms with Crippen molar-refractivity contribution in [3.8, 4) is 0 Å². The Bertz CT molecular complexity index is 802. The number of amides is 2. The Morgan fingerprint density at radius 1 is 1.00 bits per heavy atom. The number of carbonyl (C=O) groups is 2. The first kappa shape index (κ1) is 18.8. The summed E-state index contributed by atoms with van der Waals surface area (Å²) in [5, 5.41) is 5.56. The van der Waals surface area contributed by atoms with Crippen LogP contribution in [0.5, 0.6) is 0 Å². The number of anilines is 3. The molecule has 142 valence electrons. The lowest BCUT2D eigenvalue weighted by molar-refractivity contribution is -0.892. The molecule has 2 amide bonds. The maximum Gasteiger partial charge on any atom is 0.279 e. The molecule has 0 atom stereocenters. The first-order valence-electron chi connectivity index (χ1n) is 9.02. The molecule has 2 aromatic rings. The van der Waals surface area contributed by atoms with Gasteiger partial charge >= 0.3 is 0 Å². The van der Waals surface area contributed by atoms with E-state index in [0.717, 1.165) is 26.2 Å². The Morgan fingerprint density at radius 2 is 1.59 bits per heavy atom. The van der Waals surface area contributed by atoms with E-state index in [1.165, 1.54) is 17.9 Å². The molecular weight excluding hydrogens is 347 g/mol. The van der Waals surface area contributed by atoms with Gasteiger partial charge in [0, 0.05) is 18.3 Å². The number of nitrogens with one attached hydrogen (secondary N) is 3. The maximum absolute atomic E-state index is 13.9. The highest BCUT2D eigenvalue weighted by atomic mass is 19.1. The summed E-state index contributed by atoms with van der Waals surface area (Å²) in [6.45, 7) is 4.82. The fourth-order valence-corrected chi connectivity index (χ4v) is 3.22. The monoisotopic (exact) mass is 371 g/mol. The predicted octanol–water partition coefficient (Wildman–Crippen LogP) is 1.13. The molecule has 7 heteroatoms. The average molecular weight is 371 g/mol. The fraction of sp³-hybridized carbons (Fsp3) is 0.300. The van der Waals surface area contributed by atoms with Gasteiger partial charge in [0.25, 0.3) is 5.91 Å². The van der Waals surface area contributed by atoms with Gasteiger partial charge in [-0.25, -0.2) is 4.39 Å². The van der Waals surface area contributed by atoms with Crippen molar-refractivity contribution in [3.63, 3.8) is 0 Å². The number of benzene rings is 2. The number of hydrogen-bond donors (Lipinski definition) is 3. The van der Waals surface area contributed by atoms with Gasteiger partial charge in [-0.05, 0) is 36.4 Å². The van der Waals surface area contributed by atoms with Crippen LogP contribution in [0.25, 0.3) is 0 Å². The number of piperazine rings is 1. The van der Waals surface area contributed by atoms with E-state index in [9.17, 15) is 14.0 Å². The molecule has 1 aliphatic rings. The van der Waals surface area contributed by atoms with Crippen molar-refractivity contribution in [1.29, 1.82) is 0 Å². The zero-order chi connectivity index (χ0) is 19.2. The second kappa shape index (κ2) is 8.64. The van der Waals surface area contributed by atoms with Crippen molar-refractivity contribution in [1.82, 2.24) is 0 Å². The van der Waals surface area contributed by atoms with Crippen LogP contribution in [0.1, 0.15) is 6.92 Å². The highest BCUT2D eigenvalue weighted by molar-refractivity contribution is 5.92. The molecule has 0 aliphatic carbocycles. The minimum atomic E-state index is -0.207. The summed E-state index contributed by atoms with van der Waals surface area (Å²) in [7, 11) is 0. The molecule has 1 heterocycles. The zero-order valence-corrected chi connectivity index (χ0v) is 15.3.